The first-order valence-electron chi connectivity index (χ1n) is 3.82. The van der Waals surface area contributed by atoms with Gasteiger partial charge >= 0.3 is 0 Å². The van der Waals surface area contributed by atoms with Crippen LogP contribution in [-0.4, -0.2) is 6.29 Å². The van der Waals surface area contributed by atoms with Crippen LogP contribution in [0.1, 0.15) is 28.8 Å². The van der Waals surface area contributed by atoms with Gasteiger partial charge in [0.05, 0.1) is 12.0 Å². The van der Waals surface area contributed by atoms with Crippen molar-refractivity contribution < 1.29 is 4.79 Å². The van der Waals surface area contributed by atoms with Gasteiger partial charge in [-0.05, 0) is 30.7 Å². The monoisotopic (exact) mass is 193 g/mol. The number of rotatable bonds is 2. The van der Waals surface area contributed by atoms with E-state index in [4.69, 9.17) is 16.9 Å². The Morgan fingerprint density at radius 3 is 2.77 bits per heavy atom. The van der Waals surface area contributed by atoms with Gasteiger partial charge in [-0.15, -0.1) is 0 Å². The Hall–Kier alpha value is -1.33. The maximum atomic E-state index is 10.5. The summed E-state index contributed by atoms with van der Waals surface area (Å²) in [6, 6.07) is 7.03. The van der Waals surface area contributed by atoms with Gasteiger partial charge in [0.2, 0.25) is 0 Å². The summed E-state index contributed by atoms with van der Waals surface area (Å²) >= 11 is 5.76. The van der Waals surface area contributed by atoms with E-state index in [1.807, 2.05) is 0 Å². The maximum Gasteiger partial charge on any atom is 0.150 e. The lowest BCUT2D eigenvalue weighted by atomic mass is 10.0. The summed E-state index contributed by atoms with van der Waals surface area (Å²) in [7, 11) is 0. The van der Waals surface area contributed by atoms with Crippen molar-refractivity contribution in [2.45, 2.75) is 12.8 Å². The lowest BCUT2D eigenvalue weighted by molar-refractivity contribution is 0.112. The zero-order valence-electron chi connectivity index (χ0n) is 7.12. The third-order valence-electron chi connectivity index (χ3n) is 1.77. The highest BCUT2D eigenvalue weighted by Crippen LogP contribution is 2.20. The molecular weight excluding hydrogens is 186 g/mol. The van der Waals surface area contributed by atoms with Crippen molar-refractivity contribution in [3.63, 3.8) is 0 Å². The molecule has 0 radical (unpaired) electrons. The molecule has 0 heterocycles. The topological polar surface area (TPSA) is 40.9 Å². The first kappa shape index (κ1) is 9.76. The number of nitriles is 1. The van der Waals surface area contributed by atoms with Gasteiger partial charge in [-0.3, -0.25) is 4.79 Å². The smallest absolute Gasteiger partial charge is 0.150 e. The standard InChI is InChI=1S/C10H8ClNO/c1-7(5-12)9-2-8(6-13)3-10(11)4-9/h2-4,6-7H,1H3. The number of benzene rings is 1. The van der Waals surface area contributed by atoms with E-state index in [0.717, 1.165) is 11.8 Å². The molecule has 0 aliphatic heterocycles. The van der Waals surface area contributed by atoms with Gasteiger partial charge in [-0.25, -0.2) is 0 Å². The summed E-state index contributed by atoms with van der Waals surface area (Å²) in [5, 5.41) is 9.15. The molecular formula is C10H8ClNO. The number of nitrogens with zero attached hydrogens (tertiary/aromatic N) is 1. The zero-order valence-corrected chi connectivity index (χ0v) is 7.88. The summed E-state index contributed by atoms with van der Waals surface area (Å²) < 4.78 is 0. The van der Waals surface area contributed by atoms with E-state index in [2.05, 4.69) is 6.07 Å². The van der Waals surface area contributed by atoms with Crippen LogP contribution >= 0.6 is 11.6 Å². The summed E-state index contributed by atoms with van der Waals surface area (Å²) in [5.74, 6) is -0.239. The second-order valence-electron chi connectivity index (χ2n) is 2.79. The summed E-state index contributed by atoms with van der Waals surface area (Å²) in [6.45, 7) is 1.76. The van der Waals surface area contributed by atoms with E-state index < -0.39 is 0 Å². The number of hydrogen-bond donors (Lipinski definition) is 0. The molecule has 0 saturated heterocycles. The van der Waals surface area contributed by atoms with Crippen molar-refractivity contribution in [2.75, 3.05) is 0 Å². The van der Waals surface area contributed by atoms with Gasteiger partial charge in [0, 0.05) is 10.6 Å². The molecule has 3 heteroatoms. The highest BCUT2D eigenvalue weighted by Gasteiger charge is 2.05. The third-order valence-corrected chi connectivity index (χ3v) is 1.99. The molecule has 0 bridgehead atoms. The van der Waals surface area contributed by atoms with Gasteiger partial charge in [-0.2, -0.15) is 5.26 Å². The van der Waals surface area contributed by atoms with Crippen LogP contribution in [0.3, 0.4) is 0 Å². The molecule has 1 atom stereocenters. The molecule has 0 fully saturated rings. The predicted molar refractivity (Wildman–Crippen MR) is 50.9 cm³/mol. The molecule has 0 saturated carbocycles. The van der Waals surface area contributed by atoms with Crippen molar-refractivity contribution in [3.05, 3.63) is 34.3 Å². The van der Waals surface area contributed by atoms with Gasteiger partial charge in [0.25, 0.3) is 0 Å². The largest absolute Gasteiger partial charge is 0.298 e. The molecule has 2 nitrogen and oxygen atoms in total. The molecule has 66 valence electrons. The second-order valence-corrected chi connectivity index (χ2v) is 3.22. The molecule has 0 spiro atoms. The summed E-state index contributed by atoms with van der Waals surface area (Å²) in [6.07, 6.45) is 0.722. The first-order valence-corrected chi connectivity index (χ1v) is 4.20. The highest BCUT2D eigenvalue weighted by atomic mass is 35.5. The van der Waals surface area contributed by atoms with Crippen LogP contribution in [0.4, 0.5) is 0 Å². The maximum absolute atomic E-state index is 10.5. The number of carbonyl (C=O) groups is 1. The zero-order chi connectivity index (χ0) is 9.84. The molecule has 0 amide bonds. The van der Waals surface area contributed by atoms with Gasteiger partial charge in [0.1, 0.15) is 6.29 Å². The van der Waals surface area contributed by atoms with Crippen LogP contribution in [-0.2, 0) is 0 Å². The van der Waals surface area contributed by atoms with Crippen LogP contribution in [0.25, 0.3) is 0 Å². The Morgan fingerprint density at radius 1 is 1.54 bits per heavy atom. The Bertz CT molecular complexity index is 368. The third kappa shape index (κ3) is 2.30. The average Bonchev–Trinajstić information content (AvgIpc) is 2.15. The Kier molecular flexibility index (Phi) is 3.05. The Labute approximate surface area is 81.7 Å². The van der Waals surface area contributed by atoms with Crippen LogP contribution in [0.15, 0.2) is 18.2 Å². The van der Waals surface area contributed by atoms with Crippen molar-refractivity contribution >= 4 is 17.9 Å². The van der Waals surface area contributed by atoms with E-state index in [0.29, 0.717) is 10.6 Å². The lowest BCUT2D eigenvalue weighted by Crippen LogP contribution is -1.91. The van der Waals surface area contributed by atoms with Crippen LogP contribution in [0.5, 0.6) is 0 Å². The van der Waals surface area contributed by atoms with Crippen molar-refractivity contribution in [3.8, 4) is 6.07 Å². The fraction of sp³-hybridized carbons (Fsp3) is 0.200. The molecule has 0 aromatic heterocycles. The molecule has 1 unspecified atom stereocenters. The summed E-state index contributed by atoms with van der Waals surface area (Å²) in [5.41, 5.74) is 1.28. The van der Waals surface area contributed by atoms with Gasteiger partial charge < -0.3 is 0 Å². The number of hydrogen-bond acceptors (Lipinski definition) is 2. The highest BCUT2D eigenvalue weighted by molar-refractivity contribution is 6.30. The fourth-order valence-electron chi connectivity index (χ4n) is 1.03. The molecule has 13 heavy (non-hydrogen) atoms. The number of aldehydes is 1. The Morgan fingerprint density at radius 2 is 2.23 bits per heavy atom. The molecule has 1 aromatic carbocycles. The van der Waals surface area contributed by atoms with Crippen molar-refractivity contribution in [1.29, 1.82) is 5.26 Å². The SMILES string of the molecule is CC(C#N)c1cc(Cl)cc(C=O)c1. The minimum absolute atomic E-state index is 0.239. The van der Waals surface area contributed by atoms with Gasteiger partial charge in [0.15, 0.2) is 0 Å². The quantitative estimate of drug-likeness (QED) is 0.678. The number of halogens is 1. The van der Waals surface area contributed by atoms with Crippen LogP contribution < -0.4 is 0 Å². The van der Waals surface area contributed by atoms with E-state index in [9.17, 15) is 4.79 Å². The second kappa shape index (κ2) is 4.06. The number of carbonyl (C=O) groups excluding carboxylic acids is 1. The predicted octanol–water partition coefficient (Wildman–Crippen LogP) is 2.78. The van der Waals surface area contributed by atoms with Crippen LogP contribution in [0, 0.1) is 11.3 Å². The molecule has 0 N–H and O–H groups in total. The molecule has 0 aliphatic rings. The summed E-state index contributed by atoms with van der Waals surface area (Å²) in [4.78, 5) is 10.5. The van der Waals surface area contributed by atoms with E-state index >= 15 is 0 Å². The Balaban J connectivity index is 3.17. The normalized spacial score (nSPS) is 11.8. The minimum atomic E-state index is -0.239. The van der Waals surface area contributed by atoms with Crippen molar-refractivity contribution in [2.24, 2.45) is 0 Å². The molecule has 1 aromatic rings. The fourth-order valence-corrected chi connectivity index (χ4v) is 1.28. The van der Waals surface area contributed by atoms with E-state index in [-0.39, 0.29) is 5.92 Å². The molecule has 1 rings (SSSR count). The lowest BCUT2D eigenvalue weighted by Gasteiger charge is -2.03. The van der Waals surface area contributed by atoms with Crippen LogP contribution in [0.2, 0.25) is 5.02 Å². The molecule has 0 aliphatic carbocycles. The van der Waals surface area contributed by atoms with E-state index in [1.54, 1.807) is 25.1 Å². The van der Waals surface area contributed by atoms with Crippen molar-refractivity contribution in [1.82, 2.24) is 0 Å². The van der Waals surface area contributed by atoms with E-state index in [1.165, 1.54) is 0 Å². The average molecular weight is 194 g/mol. The first-order chi connectivity index (χ1) is 6.17. The van der Waals surface area contributed by atoms with Gasteiger partial charge in [-0.1, -0.05) is 11.6 Å². The minimum Gasteiger partial charge on any atom is -0.298 e.